The number of hydrogen-bond acceptors (Lipinski definition) is 5. The first-order chi connectivity index (χ1) is 12.5. The van der Waals surface area contributed by atoms with Crippen molar-refractivity contribution in [2.45, 2.75) is 6.92 Å². The molecular formula is C19H16N2O4S. The number of amides is 1. The van der Waals surface area contributed by atoms with Crippen molar-refractivity contribution in [2.75, 3.05) is 6.61 Å². The fourth-order valence-electron chi connectivity index (χ4n) is 2.21. The number of carbonyl (C=O) groups is 2. The van der Waals surface area contributed by atoms with Crippen LogP contribution in [0.1, 0.15) is 11.1 Å². The molecule has 6 nitrogen and oxygen atoms in total. The number of hydrogen-bond donors (Lipinski definition) is 2. The smallest absolute Gasteiger partial charge is 0.341 e. The molecule has 0 saturated carbocycles. The molecule has 1 fully saturated rings. The van der Waals surface area contributed by atoms with E-state index < -0.39 is 12.6 Å². The normalized spacial score (nSPS) is 16.7. The predicted octanol–water partition coefficient (Wildman–Crippen LogP) is 3.35. The zero-order valence-corrected chi connectivity index (χ0v) is 14.7. The summed E-state index contributed by atoms with van der Waals surface area (Å²) < 4.78 is 5.15. The van der Waals surface area contributed by atoms with Gasteiger partial charge in [0, 0.05) is 0 Å². The summed E-state index contributed by atoms with van der Waals surface area (Å²) in [7, 11) is 0. The second-order valence-corrected chi connectivity index (χ2v) is 6.60. The number of aliphatic imine (C=N–C) groups is 1. The largest absolute Gasteiger partial charge is 0.482 e. The molecule has 26 heavy (non-hydrogen) atoms. The molecule has 0 atom stereocenters. The van der Waals surface area contributed by atoms with Crippen molar-refractivity contribution in [1.82, 2.24) is 5.32 Å². The van der Waals surface area contributed by atoms with Gasteiger partial charge in [0.2, 0.25) is 0 Å². The minimum Gasteiger partial charge on any atom is -0.482 e. The van der Waals surface area contributed by atoms with Crippen LogP contribution in [0.4, 0.5) is 5.69 Å². The third-order valence-electron chi connectivity index (χ3n) is 3.43. The van der Waals surface area contributed by atoms with Crippen molar-refractivity contribution in [3.63, 3.8) is 0 Å². The van der Waals surface area contributed by atoms with Gasteiger partial charge in [-0.2, -0.15) is 0 Å². The minimum atomic E-state index is -1.04. The van der Waals surface area contributed by atoms with Crippen LogP contribution < -0.4 is 10.1 Å². The molecule has 0 radical (unpaired) electrons. The van der Waals surface area contributed by atoms with Gasteiger partial charge in [0.15, 0.2) is 11.8 Å². The highest BCUT2D eigenvalue weighted by Crippen LogP contribution is 2.28. The first kappa shape index (κ1) is 17.8. The quantitative estimate of drug-likeness (QED) is 0.790. The Hall–Kier alpha value is -3.06. The van der Waals surface area contributed by atoms with Crippen LogP contribution in [0.25, 0.3) is 6.08 Å². The van der Waals surface area contributed by atoms with E-state index in [1.165, 1.54) is 11.8 Å². The Kier molecular flexibility index (Phi) is 5.38. The zero-order valence-electron chi connectivity index (χ0n) is 13.9. The molecule has 1 amide bonds. The summed E-state index contributed by atoms with van der Waals surface area (Å²) >= 11 is 1.25. The van der Waals surface area contributed by atoms with E-state index in [4.69, 9.17) is 9.84 Å². The highest BCUT2D eigenvalue weighted by atomic mass is 32.2. The summed E-state index contributed by atoms with van der Waals surface area (Å²) in [6.07, 6.45) is 1.71. The second kappa shape index (κ2) is 7.88. The van der Waals surface area contributed by atoms with Crippen LogP contribution in [-0.2, 0) is 9.59 Å². The van der Waals surface area contributed by atoms with Crippen molar-refractivity contribution in [3.05, 3.63) is 64.6 Å². The number of ether oxygens (including phenoxy) is 1. The lowest BCUT2D eigenvalue weighted by molar-refractivity contribution is -0.139. The third-order valence-corrected chi connectivity index (χ3v) is 4.34. The van der Waals surface area contributed by atoms with Crippen LogP contribution >= 0.6 is 11.8 Å². The fourth-order valence-corrected chi connectivity index (χ4v) is 3.05. The number of nitrogens with zero attached hydrogens (tertiary/aromatic N) is 1. The Balaban J connectivity index is 1.75. The van der Waals surface area contributed by atoms with Gasteiger partial charge in [-0.15, -0.1) is 0 Å². The lowest BCUT2D eigenvalue weighted by Gasteiger charge is -2.03. The Morgan fingerprint density at radius 2 is 2.04 bits per heavy atom. The number of aryl methyl sites for hydroxylation is 1. The molecule has 0 unspecified atom stereocenters. The van der Waals surface area contributed by atoms with Gasteiger partial charge in [0.25, 0.3) is 5.91 Å². The van der Waals surface area contributed by atoms with Gasteiger partial charge < -0.3 is 15.2 Å². The van der Waals surface area contributed by atoms with Gasteiger partial charge in [-0.1, -0.05) is 29.8 Å². The second-order valence-electron chi connectivity index (χ2n) is 5.57. The Morgan fingerprint density at radius 3 is 2.77 bits per heavy atom. The van der Waals surface area contributed by atoms with E-state index in [2.05, 4.69) is 10.3 Å². The maximum absolute atomic E-state index is 12.1. The van der Waals surface area contributed by atoms with E-state index in [-0.39, 0.29) is 5.91 Å². The summed E-state index contributed by atoms with van der Waals surface area (Å²) in [6, 6.07) is 14.6. The van der Waals surface area contributed by atoms with Crippen molar-refractivity contribution in [1.29, 1.82) is 0 Å². The third kappa shape index (κ3) is 4.73. The number of carbonyl (C=O) groups excluding carboxylic acids is 1. The first-order valence-corrected chi connectivity index (χ1v) is 8.62. The Morgan fingerprint density at radius 1 is 1.27 bits per heavy atom. The fraction of sp³-hybridized carbons (Fsp3) is 0.105. The van der Waals surface area contributed by atoms with E-state index in [9.17, 15) is 9.59 Å². The van der Waals surface area contributed by atoms with Crippen molar-refractivity contribution in [3.8, 4) is 5.75 Å². The Bertz CT molecular complexity index is 904. The lowest BCUT2D eigenvalue weighted by atomic mass is 10.2. The number of thioether (sulfide) groups is 1. The number of benzene rings is 2. The van der Waals surface area contributed by atoms with Crippen LogP contribution in [0.2, 0.25) is 0 Å². The van der Waals surface area contributed by atoms with Crippen LogP contribution in [0.5, 0.6) is 5.75 Å². The number of amidine groups is 1. The van der Waals surface area contributed by atoms with Gasteiger partial charge >= 0.3 is 5.97 Å². The molecule has 0 spiro atoms. The molecule has 3 rings (SSSR count). The average Bonchev–Trinajstić information content (AvgIpc) is 2.95. The molecular weight excluding hydrogens is 352 g/mol. The highest BCUT2D eigenvalue weighted by molar-refractivity contribution is 8.18. The summed E-state index contributed by atoms with van der Waals surface area (Å²) in [5.41, 5.74) is 2.65. The molecule has 7 heteroatoms. The highest BCUT2D eigenvalue weighted by Gasteiger charge is 2.23. The van der Waals surface area contributed by atoms with E-state index in [0.717, 1.165) is 16.8 Å². The number of aliphatic carboxylic acids is 1. The zero-order chi connectivity index (χ0) is 18.5. The molecule has 2 N–H and O–H groups in total. The lowest BCUT2D eigenvalue weighted by Crippen LogP contribution is -2.19. The predicted molar refractivity (Wildman–Crippen MR) is 102 cm³/mol. The summed E-state index contributed by atoms with van der Waals surface area (Å²) in [5, 5.41) is 11.9. The standard InChI is InChI=1S/C19H16N2O4S/c1-12-5-7-14(8-6-12)20-19-21-18(24)16(26-19)10-13-3-2-4-15(9-13)25-11-17(22)23/h2-10H,11H2,1H3,(H,22,23)(H,20,21,24)/b16-10+. The van der Waals surface area contributed by atoms with Crippen LogP contribution in [0.3, 0.4) is 0 Å². The summed E-state index contributed by atoms with van der Waals surface area (Å²) in [5.74, 6) is -0.840. The average molecular weight is 368 g/mol. The van der Waals surface area contributed by atoms with Gasteiger partial charge in [-0.05, 0) is 54.6 Å². The van der Waals surface area contributed by atoms with Crippen molar-refractivity contribution in [2.24, 2.45) is 4.99 Å². The molecule has 0 aliphatic carbocycles. The number of carboxylic acids is 1. The minimum absolute atomic E-state index is 0.224. The van der Waals surface area contributed by atoms with Crippen molar-refractivity contribution >= 4 is 40.6 Å². The van der Waals surface area contributed by atoms with Gasteiger partial charge in [0.05, 0.1) is 10.6 Å². The monoisotopic (exact) mass is 368 g/mol. The number of rotatable bonds is 5. The topological polar surface area (TPSA) is 88.0 Å². The molecule has 0 bridgehead atoms. The van der Waals surface area contributed by atoms with E-state index in [1.807, 2.05) is 37.3 Å². The molecule has 1 saturated heterocycles. The van der Waals surface area contributed by atoms with E-state index in [0.29, 0.717) is 15.8 Å². The maximum atomic E-state index is 12.1. The molecule has 1 heterocycles. The van der Waals surface area contributed by atoms with E-state index >= 15 is 0 Å². The maximum Gasteiger partial charge on any atom is 0.341 e. The van der Waals surface area contributed by atoms with Crippen LogP contribution in [0.15, 0.2) is 58.4 Å². The molecule has 2 aromatic carbocycles. The molecule has 0 aromatic heterocycles. The SMILES string of the molecule is Cc1ccc(N=C2NC(=O)/C(=C\c3cccc(OCC(=O)O)c3)S2)cc1. The van der Waals surface area contributed by atoms with Gasteiger partial charge in [-0.3, -0.25) is 4.79 Å². The molecule has 2 aromatic rings. The molecule has 1 aliphatic rings. The summed E-state index contributed by atoms with van der Waals surface area (Å²) in [4.78, 5) is 27.7. The van der Waals surface area contributed by atoms with E-state index in [1.54, 1.807) is 24.3 Å². The molecule has 132 valence electrons. The summed E-state index contributed by atoms with van der Waals surface area (Å²) in [6.45, 7) is 1.58. The first-order valence-electron chi connectivity index (χ1n) is 7.80. The van der Waals surface area contributed by atoms with Crippen LogP contribution in [-0.4, -0.2) is 28.8 Å². The number of carboxylic acid groups (broad SMARTS) is 1. The van der Waals surface area contributed by atoms with Crippen molar-refractivity contribution < 1.29 is 19.4 Å². The van der Waals surface area contributed by atoms with Gasteiger partial charge in [0.1, 0.15) is 5.75 Å². The van der Waals surface area contributed by atoms with Gasteiger partial charge in [-0.25, -0.2) is 9.79 Å². The van der Waals surface area contributed by atoms with Crippen LogP contribution in [0, 0.1) is 6.92 Å². The number of nitrogens with one attached hydrogen (secondary N) is 1. The molecule has 1 aliphatic heterocycles. The Labute approximate surface area is 154 Å².